The van der Waals surface area contributed by atoms with Crippen LogP contribution in [0.2, 0.25) is 0 Å². The molecule has 0 atom stereocenters. The third-order valence-corrected chi connectivity index (χ3v) is 7.65. The maximum absolute atomic E-state index is 12.9. The Morgan fingerprint density at radius 2 is 1.65 bits per heavy atom. The summed E-state index contributed by atoms with van der Waals surface area (Å²) in [6.45, 7) is 0. The molecule has 0 unspecified atom stereocenters. The second kappa shape index (κ2) is 12.1. The second-order valence-corrected chi connectivity index (χ2v) is 10.6. The number of methoxy groups -OCH3 is 3. The van der Waals surface area contributed by atoms with Gasteiger partial charge in [-0.2, -0.15) is 0 Å². The van der Waals surface area contributed by atoms with E-state index in [4.69, 9.17) is 13.9 Å². The van der Waals surface area contributed by atoms with Gasteiger partial charge in [-0.1, -0.05) is 11.8 Å². The summed E-state index contributed by atoms with van der Waals surface area (Å²) in [7, 11) is -0.00171. The zero-order chi connectivity index (χ0) is 28.9. The number of benzene rings is 3. The van der Waals surface area contributed by atoms with E-state index in [1.165, 1.54) is 57.7 Å². The van der Waals surface area contributed by atoms with Gasteiger partial charge in [0, 0.05) is 5.69 Å². The van der Waals surface area contributed by atoms with Crippen LogP contribution in [0.5, 0.6) is 5.75 Å². The summed E-state index contributed by atoms with van der Waals surface area (Å²) in [5.41, 5.74) is 1.20. The van der Waals surface area contributed by atoms with Crippen molar-refractivity contribution < 1.29 is 41.4 Å². The van der Waals surface area contributed by atoms with Crippen molar-refractivity contribution in [3.63, 3.8) is 0 Å². The molecule has 2 N–H and O–H groups in total. The minimum absolute atomic E-state index is 0.0285. The third kappa shape index (κ3) is 6.52. The smallest absolute Gasteiger partial charge is 0.339 e. The fourth-order valence-electron chi connectivity index (χ4n) is 3.48. The summed E-state index contributed by atoms with van der Waals surface area (Å²) in [4.78, 5) is 40.9. The molecule has 0 aliphatic heterocycles. The van der Waals surface area contributed by atoms with E-state index in [1.54, 1.807) is 24.3 Å². The van der Waals surface area contributed by atoms with E-state index < -0.39 is 27.9 Å². The van der Waals surface area contributed by atoms with Crippen molar-refractivity contribution in [1.82, 2.24) is 4.98 Å². The van der Waals surface area contributed by atoms with Gasteiger partial charge in [0.25, 0.3) is 15.2 Å². The fourth-order valence-corrected chi connectivity index (χ4v) is 5.20. The van der Waals surface area contributed by atoms with E-state index in [2.05, 4.69) is 19.8 Å². The number of thioether (sulfide) groups is 1. The Bertz CT molecular complexity index is 1680. The monoisotopic (exact) mass is 585 g/mol. The number of anilines is 2. The van der Waals surface area contributed by atoms with Crippen molar-refractivity contribution >= 4 is 62.1 Å². The Labute approximate surface area is 233 Å². The molecule has 0 saturated heterocycles. The second-order valence-electron chi connectivity index (χ2n) is 8.02. The maximum Gasteiger partial charge on any atom is 0.339 e. The highest BCUT2D eigenvalue weighted by Crippen LogP contribution is 2.27. The molecule has 14 heteroatoms. The summed E-state index contributed by atoms with van der Waals surface area (Å²) in [6, 6.07) is 14.6. The summed E-state index contributed by atoms with van der Waals surface area (Å²) in [6.07, 6.45) is 0. The lowest BCUT2D eigenvalue weighted by Gasteiger charge is -2.11. The minimum Gasteiger partial charge on any atom is -0.497 e. The summed E-state index contributed by atoms with van der Waals surface area (Å²) >= 11 is 0.953. The van der Waals surface area contributed by atoms with Gasteiger partial charge >= 0.3 is 11.9 Å². The molecule has 1 amide bonds. The molecular formula is C26H23N3O9S2. The molecule has 12 nitrogen and oxygen atoms in total. The number of carbonyl (C=O) groups excluding carboxylic acids is 3. The van der Waals surface area contributed by atoms with Crippen LogP contribution in [0.1, 0.15) is 20.7 Å². The average Bonchev–Trinajstić information content (AvgIpc) is 3.38. The number of hydrogen-bond acceptors (Lipinski definition) is 11. The molecule has 3 aromatic carbocycles. The van der Waals surface area contributed by atoms with E-state index in [0.29, 0.717) is 17.0 Å². The predicted molar refractivity (Wildman–Crippen MR) is 146 cm³/mol. The molecular weight excluding hydrogens is 562 g/mol. The topological polar surface area (TPSA) is 163 Å². The zero-order valence-corrected chi connectivity index (χ0v) is 23.1. The number of oxazole rings is 1. The van der Waals surface area contributed by atoms with Crippen LogP contribution in [0.3, 0.4) is 0 Å². The highest BCUT2D eigenvalue weighted by molar-refractivity contribution is 7.99. The first-order valence-corrected chi connectivity index (χ1v) is 13.9. The van der Waals surface area contributed by atoms with Crippen LogP contribution in [0.15, 0.2) is 75.2 Å². The number of hydrogen-bond donors (Lipinski definition) is 2. The Kier molecular flexibility index (Phi) is 8.60. The van der Waals surface area contributed by atoms with Crippen molar-refractivity contribution in [2.24, 2.45) is 0 Å². The molecule has 4 aromatic rings. The van der Waals surface area contributed by atoms with Crippen molar-refractivity contribution in [3.8, 4) is 5.75 Å². The van der Waals surface area contributed by atoms with E-state index >= 15 is 0 Å². The number of esters is 2. The van der Waals surface area contributed by atoms with Crippen molar-refractivity contribution in [1.29, 1.82) is 0 Å². The summed E-state index contributed by atoms with van der Waals surface area (Å²) in [5, 5.41) is 2.70. The van der Waals surface area contributed by atoms with Crippen molar-refractivity contribution in [2.45, 2.75) is 10.1 Å². The number of amides is 1. The van der Waals surface area contributed by atoms with Crippen LogP contribution in [0, 0.1) is 0 Å². The van der Waals surface area contributed by atoms with Crippen LogP contribution < -0.4 is 14.8 Å². The Hall–Kier alpha value is -4.56. The van der Waals surface area contributed by atoms with Crippen molar-refractivity contribution in [2.75, 3.05) is 37.1 Å². The maximum atomic E-state index is 12.9. The molecule has 4 rings (SSSR count). The van der Waals surface area contributed by atoms with Gasteiger partial charge < -0.3 is 23.9 Å². The molecule has 0 fully saturated rings. The van der Waals surface area contributed by atoms with Gasteiger partial charge in [0.15, 0.2) is 5.58 Å². The van der Waals surface area contributed by atoms with Gasteiger partial charge in [-0.15, -0.1) is 0 Å². The van der Waals surface area contributed by atoms with E-state index in [-0.39, 0.29) is 38.2 Å². The van der Waals surface area contributed by atoms with Crippen LogP contribution in [0.4, 0.5) is 11.4 Å². The summed E-state index contributed by atoms with van der Waals surface area (Å²) in [5.74, 6) is -1.45. The molecule has 208 valence electrons. The Morgan fingerprint density at radius 1 is 0.925 bits per heavy atom. The molecule has 40 heavy (non-hydrogen) atoms. The van der Waals surface area contributed by atoms with Gasteiger partial charge in [0.05, 0.1) is 48.8 Å². The number of nitrogens with zero attached hydrogens (tertiary/aromatic N) is 1. The lowest BCUT2D eigenvalue weighted by atomic mass is 10.1. The number of fused-ring (bicyclic) bond motifs is 1. The minimum atomic E-state index is -3.91. The quantitative estimate of drug-likeness (QED) is 0.205. The Morgan fingerprint density at radius 3 is 2.33 bits per heavy atom. The lowest BCUT2D eigenvalue weighted by Crippen LogP contribution is -2.18. The zero-order valence-electron chi connectivity index (χ0n) is 21.4. The average molecular weight is 586 g/mol. The highest BCUT2D eigenvalue weighted by atomic mass is 32.2. The number of ether oxygens (including phenoxy) is 3. The molecule has 0 aliphatic carbocycles. The summed E-state index contributed by atoms with van der Waals surface area (Å²) < 4.78 is 48.3. The lowest BCUT2D eigenvalue weighted by molar-refractivity contribution is -0.113. The van der Waals surface area contributed by atoms with Gasteiger partial charge in [-0.05, 0) is 60.7 Å². The van der Waals surface area contributed by atoms with Gasteiger partial charge in [-0.3, -0.25) is 9.52 Å². The number of nitrogens with one attached hydrogen (secondary N) is 2. The third-order valence-electron chi connectivity index (χ3n) is 5.44. The molecule has 1 heterocycles. The number of carbonyl (C=O) groups is 3. The van der Waals surface area contributed by atoms with E-state index in [9.17, 15) is 22.8 Å². The van der Waals surface area contributed by atoms with Gasteiger partial charge in [-0.25, -0.2) is 23.0 Å². The number of aromatic nitrogens is 1. The molecule has 0 spiro atoms. The van der Waals surface area contributed by atoms with E-state index in [0.717, 1.165) is 11.8 Å². The first-order valence-electron chi connectivity index (χ1n) is 11.4. The fraction of sp³-hybridized carbons (Fsp3) is 0.154. The molecule has 0 aliphatic rings. The number of rotatable bonds is 10. The van der Waals surface area contributed by atoms with Crippen molar-refractivity contribution in [3.05, 3.63) is 71.8 Å². The van der Waals surface area contributed by atoms with Crippen LogP contribution in [0.25, 0.3) is 11.1 Å². The Balaban J connectivity index is 1.46. The van der Waals surface area contributed by atoms with Crippen LogP contribution in [-0.4, -0.2) is 58.3 Å². The van der Waals surface area contributed by atoms with Crippen LogP contribution in [-0.2, 0) is 24.3 Å². The first-order chi connectivity index (χ1) is 19.1. The largest absolute Gasteiger partial charge is 0.497 e. The number of sulfonamides is 1. The molecule has 0 saturated carbocycles. The molecule has 1 aromatic heterocycles. The predicted octanol–water partition coefficient (Wildman–Crippen LogP) is 3.94. The van der Waals surface area contributed by atoms with Gasteiger partial charge in [0.1, 0.15) is 11.3 Å². The molecule has 0 bridgehead atoms. The first kappa shape index (κ1) is 28.4. The highest BCUT2D eigenvalue weighted by Gasteiger charge is 2.20. The van der Waals surface area contributed by atoms with Gasteiger partial charge in [0.2, 0.25) is 5.91 Å². The molecule has 0 radical (unpaired) electrons. The SMILES string of the molecule is COC(=O)c1ccc(C(=O)OC)c(NC(=O)CSc2nc3cc(S(=O)(=O)Nc4ccc(OC)cc4)ccc3o2)c1. The van der Waals surface area contributed by atoms with Crippen LogP contribution >= 0.6 is 11.8 Å². The standard InChI is InChI=1S/C26H23N3O9S2/c1-35-17-7-5-16(6-8-17)29-40(33,34)18-9-11-22-21(13-18)28-26(38-22)39-14-23(30)27-20-12-15(24(31)36-2)4-10-19(20)25(32)37-3/h4-13,29H,14H2,1-3H3,(H,27,30). The van der Waals surface area contributed by atoms with E-state index in [1.807, 2.05) is 0 Å². The normalized spacial score (nSPS) is 11.1.